The fourth-order valence-electron chi connectivity index (χ4n) is 1.45. The Morgan fingerprint density at radius 1 is 1.14 bits per heavy atom. The van der Waals surface area contributed by atoms with Crippen molar-refractivity contribution in [3.8, 4) is 11.3 Å². The van der Waals surface area contributed by atoms with E-state index in [0.29, 0.717) is 17.3 Å². The van der Waals surface area contributed by atoms with Crippen molar-refractivity contribution in [2.75, 3.05) is 11.5 Å². The monoisotopic (exact) mass is 192 g/mol. The Balaban J connectivity index is 2.49. The highest BCUT2D eigenvalue weighted by atomic mass is 16.3. The van der Waals surface area contributed by atoms with Crippen LogP contribution in [0.2, 0.25) is 0 Å². The number of aliphatic hydroxyl groups is 1. The normalized spacial score (nSPS) is 10.6. The molecule has 2 aromatic rings. The van der Waals surface area contributed by atoms with Crippen LogP contribution in [0.25, 0.3) is 11.3 Å². The quantitative estimate of drug-likeness (QED) is 0.483. The predicted octanol–water partition coefficient (Wildman–Crippen LogP) is 0.666. The molecule has 0 bridgehead atoms. The van der Waals surface area contributed by atoms with Crippen molar-refractivity contribution in [2.45, 2.75) is 6.61 Å². The number of nitrogens with one attached hydrogen (secondary N) is 2. The van der Waals surface area contributed by atoms with Crippen LogP contribution in [0.4, 0.5) is 11.6 Å². The molecule has 0 unspecified atom stereocenters. The molecule has 5 nitrogen and oxygen atoms in total. The first kappa shape index (κ1) is 8.71. The Morgan fingerprint density at radius 3 is 2.50 bits per heavy atom. The summed E-state index contributed by atoms with van der Waals surface area (Å²) >= 11 is 0. The number of aromatic amines is 2. The fraction of sp³-hybridized carbons (Fsp3) is 0.111. The van der Waals surface area contributed by atoms with E-state index >= 15 is 0 Å². The summed E-state index contributed by atoms with van der Waals surface area (Å²) in [5.74, 6) is 1.11. The number of rotatable bonds is 2. The minimum Gasteiger partial charge on any atom is -0.390 e. The van der Waals surface area contributed by atoms with Crippen LogP contribution in [0.5, 0.6) is 0 Å². The van der Waals surface area contributed by atoms with Crippen LogP contribution in [-0.4, -0.2) is 15.1 Å². The second-order valence-corrected chi connectivity index (χ2v) is 3.10. The van der Waals surface area contributed by atoms with E-state index in [1.54, 1.807) is 12.1 Å². The highest BCUT2D eigenvalue weighted by Gasteiger charge is 2.09. The lowest BCUT2D eigenvalue weighted by molar-refractivity contribution is 0.278. The van der Waals surface area contributed by atoms with E-state index in [2.05, 4.69) is 9.97 Å². The molecule has 2 heterocycles. The third-order valence-electron chi connectivity index (χ3n) is 2.08. The lowest BCUT2D eigenvalue weighted by Gasteiger charge is -1.97. The van der Waals surface area contributed by atoms with E-state index in [1.807, 2.05) is 6.07 Å². The Hall–Kier alpha value is -1.88. The number of aromatic nitrogens is 2. The summed E-state index contributed by atoms with van der Waals surface area (Å²) in [5.41, 5.74) is 13.5. The molecule has 0 aliphatic heterocycles. The molecule has 0 radical (unpaired) electrons. The molecule has 0 atom stereocenters. The zero-order valence-electron chi connectivity index (χ0n) is 7.54. The number of nitrogens with two attached hydrogens (primary N) is 2. The maximum absolute atomic E-state index is 9.07. The van der Waals surface area contributed by atoms with Crippen molar-refractivity contribution in [2.24, 2.45) is 0 Å². The number of anilines is 2. The van der Waals surface area contributed by atoms with Crippen LogP contribution in [0.15, 0.2) is 18.2 Å². The van der Waals surface area contributed by atoms with Gasteiger partial charge in [-0.05, 0) is 18.2 Å². The van der Waals surface area contributed by atoms with Crippen LogP contribution in [0, 0.1) is 0 Å². The molecular formula is C9H12N4O. The van der Waals surface area contributed by atoms with Crippen molar-refractivity contribution in [3.05, 3.63) is 23.9 Å². The zero-order valence-corrected chi connectivity index (χ0v) is 7.54. The first-order valence-electron chi connectivity index (χ1n) is 4.24. The molecule has 14 heavy (non-hydrogen) atoms. The molecule has 5 heteroatoms. The fourth-order valence-corrected chi connectivity index (χ4v) is 1.45. The first-order valence-corrected chi connectivity index (χ1v) is 4.24. The summed E-state index contributed by atoms with van der Waals surface area (Å²) in [6, 6.07) is 5.37. The van der Waals surface area contributed by atoms with Gasteiger partial charge in [-0.2, -0.15) is 0 Å². The van der Waals surface area contributed by atoms with Crippen molar-refractivity contribution in [1.29, 1.82) is 0 Å². The minimum atomic E-state index is -0.0779. The maximum Gasteiger partial charge on any atom is 0.101 e. The molecular weight excluding hydrogens is 180 g/mol. The molecule has 2 rings (SSSR count). The van der Waals surface area contributed by atoms with Gasteiger partial charge >= 0.3 is 0 Å². The molecule has 0 aliphatic carbocycles. The summed E-state index contributed by atoms with van der Waals surface area (Å²) in [5, 5.41) is 9.07. The SMILES string of the molecule is Nc1ccc(-c2cc(N)[nH]c2CO)[nH]1. The van der Waals surface area contributed by atoms with Crippen LogP contribution in [0.1, 0.15) is 5.69 Å². The van der Waals surface area contributed by atoms with Gasteiger partial charge < -0.3 is 26.5 Å². The van der Waals surface area contributed by atoms with Gasteiger partial charge in [-0.1, -0.05) is 0 Å². The lowest BCUT2D eigenvalue weighted by Crippen LogP contribution is -1.88. The van der Waals surface area contributed by atoms with Gasteiger partial charge in [0.1, 0.15) is 11.6 Å². The van der Waals surface area contributed by atoms with Crippen LogP contribution >= 0.6 is 0 Å². The molecule has 7 N–H and O–H groups in total. The van der Waals surface area contributed by atoms with Crippen LogP contribution in [0.3, 0.4) is 0 Å². The molecule has 2 aromatic heterocycles. The summed E-state index contributed by atoms with van der Waals surface area (Å²) < 4.78 is 0. The number of hydrogen-bond acceptors (Lipinski definition) is 3. The van der Waals surface area contributed by atoms with E-state index in [0.717, 1.165) is 11.3 Å². The summed E-state index contributed by atoms with van der Waals surface area (Å²) in [6.07, 6.45) is 0. The Bertz CT molecular complexity index is 443. The maximum atomic E-state index is 9.07. The largest absolute Gasteiger partial charge is 0.390 e. The smallest absolute Gasteiger partial charge is 0.101 e. The molecule has 0 amide bonds. The van der Waals surface area contributed by atoms with Crippen LogP contribution in [-0.2, 0) is 6.61 Å². The van der Waals surface area contributed by atoms with E-state index in [1.165, 1.54) is 0 Å². The molecule has 0 saturated carbocycles. The summed E-state index contributed by atoms with van der Waals surface area (Å²) in [7, 11) is 0. The zero-order chi connectivity index (χ0) is 10.1. The number of aliphatic hydroxyl groups excluding tert-OH is 1. The Morgan fingerprint density at radius 2 is 1.93 bits per heavy atom. The van der Waals surface area contributed by atoms with Crippen molar-refractivity contribution < 1.29 is 5.11 Å². The average molecular weight is 192 g/mol. The summed E-state index contributed by atoms with van der Waals surface area (Å²) in [6.45, 7) is -0.0779. The van der Waals surface area contributed by atoms with Gasteiger partial charge in [-0.15, -0.1) is 0 Å². The topological polar surface area (TPSA) is 104 Å². The Labute approximate surface area is 80.7 Å². The van der Waals surface area contributed by atoms with Crippen molar-refractivity contribution in [1.82, 2.24) is 9.97 Å². The molecule has 74 valence electrons. The van der Waals surface area contributed by atoms with Crippen molar-refractivity contribution >= 4 is 11.6 Å². The molecule has 0 spiro atoms. The lowest BCUT2D eigenvalue weighted by atomic mass is 10.2. The van der Waals surface area contributed by atoms with Crippen LogP contribution < -0.4 is 11.5 Å². The van der Waals surface area contributed by atoms with Gasteiger partial charge in [0.05, 0.1) is 12.3 Å². The highest BCUT2D eigenvalue weighted by Crippen LogP contribution is 2.25. The van der Waals surface area contributed by atoms with E-state index < -0.39 is 0 Å². The first-order chi connectivity index (χ1) is 6.70. The van der Waals surface area contributed by atoms with E-state index in [-0.39, 0.29) is 6.61 Å². The van der Waals surface area contributed by atoms with Gasteiger partial charge in [0.25, 0.3) is 0 Å². The number of hydrogen-bond donors (Lipinski definition) is 5. The van der Waals surface area contributed by atoms with E-state index in [9.17, 15) is 0 Å². The van der Waals surface area contributed by atoms with E-state index in [4.69, 9.17) is 16.6 Å². The van der Waals surface area contributed by atoms with Gasteiger partial charge in [0, 0.05) is 11.3 Å². The second-order valence-electron chi connectivity index (χ2n) is 3.10. The third-order valence-corrected chi connectivity index (χ3v) is 2.08. The Kier molecular flexibility index (Phi) is 1.94. The molecule has 0 fully saturated rings. The molecule has 0 saturated heterocycles. The van der Waals surface area contributed by atoms with Gasteiger partial charge in [-0.25, -0.2) is 0 Å². The van der Waals surface area contributed by atoms with Gasteiger partial charge in [0.15, 0.2) is 0 Å². The molecule has 0 aromatic carbocycles. The highest BCUT2D eigenvalue weighted by molar-refractivity contribution is 5.68. The summed E-state index contributed by atoms with van der Waals surface area (Å²) in [4.78, 5) is 5.84. The third kappa shape index (κ3) is 1.33. The number of nitrogen functional groups attached to an aromatic ring is 2. The standard InChI is InChI=1S/C9H12N4O/c10-8-2-1-6(12-8)5-3-9(11)13-7(5)4-14/h1-3,12-14H,4,10-11H2. The molecule has 0 aliphatic rings. The average Bonchev–Trinajstić information content (AvgIpc) is 2.71. The minimum absolute atomic E-state index is 0.0779. The predicted molar refractivity (Wildman–Crippen MR) is 55.3 cm³/mol. The van der Waals surface area contributed by atoms with Gasteiger partial charge in [0.2, 0.25) is 0 Å². The van der Waals surface area contributed by atoms with Gasteiger partial charge in [-0.3, -0.25) is 0 Å². The number of H-pyrrole nitrogens is 2. The van der Waals surface area contributed by atoms with Crippen molar-refractivity contribution in [3.63, 3.8) is 0 Å². The second kappa shape index (κ2) is 3.12.